The minimum absolute atomic E-state index is 0.188. The highest BCUT2D eigenvalue weighted by molar-refractivity contribution is 9.10. The number of hydrogen-bond donors (Lipinski definition) is 2. The van der Waals surface area contributed by atoms with Crippen molar-refractivity contribution in [2.24, 2.45) is 0 Å². The number of alkyl halides is 2. The van der Waals surface area contributed by atoms with Crippen molar-refractivity contribution in [2.75, 3.05) is 33.3 Å². The van der Waals surface area contributed by atoms with Gasteiger partial charge in [-0.25, -0.2) is 8.78 Å². The van der Waals surface area contributed by atoms with Crippen LogP contribution in [0.1, 0.15) is 11.6 Å². The summed E-state index contributed by atoms with van der Waals surface area (Å²) >= 11 is 3.26. The molecule has 0 bridgehead atoms. The predicted octanol–water partition coefficient (Wildman–Crippen LogP) is 2.37. The molecule has 20 heavy (non-hydrogen) atoms. The van der Waals surface area contributed by atoms with E-state index in [1.807, 2.05) is 0 Å². The summed E-state index contributed by atoms with van der Waals surface area (Å²) in [6, 6.07) is 1.94. The molecule has 0 saturated carbocycles. The second-order valence-electron chi connectivity index (χ2n) is 4.61. The van der Waals surface area contributed by atoms with Crippen LogP contribution in [-0.4, -0.2) is 49.7 Å². The zero-order valence-corrected chi connectivity index (χ0v) is 12.7. The summed E-state index contributed by atoms with van der Waals surface area (Å²) in [5, 5.41) is 13.3. The number of benzene rings is 1. The van der Waals surface area contributed by atoms with Gasteiger partial charge in [0.05, 0.1) is 7.11 Å². The molecule has 0 amide bonds. The first-order valence-electron chi connectivity index (χ1n) is 6.34. The molecule has 0 unspecified atom stereocenters. The number of piperazine rings is 1. The summed E-state index contributed by atoms with van der Waals surface area (Å²) in [6.45, 7) is 2.36. The molecule has 2 N–H and O–H groups in total. The van der Waals surface area contributed by atoms with Crippen LogP contribution in [0.2, 0.25) is 0 Å². The van der Waals surface area contributed by atoms with Crippen molar-refractivity contribution in [1.29, 1.82) is 0 Å². The van der Waals surface area contributed by atoms with Gasteiger partial charge in [0.2, 0.25) is 0 Å². The zero-order valence-electron chi connectivity index (χ0n) is 11.1. The largest absolute Gasteiger partial charge is 0.504 e. The fourth-order valence-corrected chi connectivity index (χ4v) is 2.88. The Bertz CT molecular complexity index is 468. The van der Waals surface area contributed by atoms with Gasteiger partial charge in [0.15, 0.2) is 11.5 Å². The van der Waals surface area contributed by atoms with E-state index >= 15 is 0 Å². The number of nitrogens with zero attached hydrogens (tertiary/aromatic N) is 1. The maximum Gasteiger partial charge on any atom is 0.258 e. The lowest BCUT2D eigenvalue weighted by atomic mass is 10.0. The molecule has 1 aromatic rings. The molecule has 1 aliphatic heterocycles. The number of phenolic OH excluding ortho intramolecular Hbond substituents is 1. The van der Waals surface area contributed by atoms with Gasteiger partial charge in [-0.1, -0.05) is 15.9 Å². The van der Waals surface area contributed by atoms with Crippen LogP contribution >= 0.6 is 15.9 Å². The molecule has 7 heteroatoms. The molecule has 112 valence electrons. The van der Waals surface area contributed by atoms with Gasteiger partial charge in [-0.05, 0) is 12.1 Å². The molecule has 0 spiro atoms. The number of nitrogens with one attached hydrogen (secondary N) is 1. The molecule has 2 rings (SSSR count). The fourth-order valence-electron chi connectivity index (χ4n) is 2.43. The number of rotatable bonds is 4. The Balaban J connectivity index is 2.40. The molecule has 4 nitrogen and oxygen atoms in total. The zero-order chi connectivity index (χ0) is 14.7. The average molecular weight is 351 g/mol. The van der Waals surface area contributed by atoms with Crippen molar-refractivity contribution >= 4 is 15.9 Å². The van der Waals surface area contributed by atoms with Gasteiger partial charge >= 0.3 is 0 Å². The van der Waals surface area contributed by atoms with Gasteiger partial charge < -0.3 is 15.2 Å². The number of methoxy groups -OCH3 is 1. The predicted molar refractivity (Wildman–Crippen MR) is 75.5 cm³/mol. The lowest BCUT2D eigenvalue weighted by Gasteiger charge is -2.35. The van der Waals surface area contributed by atoms with E-state index in [0.29, 0.717) is 30.7 Å². The highest BCUT2D eigenvalue weighted by Gasteiger charge is 2.33. The van der Waals surface area contributed by atoms with Crippen LogP contribution < -0.4 is 10.1 Å². The summed E-state index contributed by atoms with van der Waals surface area (Å²) in [5.74, 6) is -0.0327. The number of phenols is 1. The van der Waals surface area contributed by atoms with Crippen LogP contribution in [0.4, 0.5) is 8.78 Å². The minimum atomic E-state index is -2.59. The monoisotopic (exact) mass is 350 g/mol. The average Bonchev–Trinajstić information content (AvgIpc) is 2.43. The Morgan fingerprint density at radius 3 is 2.55 bits per heavy atom. The van der Waals surface area contributed by atoms with E-state index in [1.54, 1.807) is 11.0 Å². The number of hydrogen-bond acceptors (Lipinski definition) is 4. The van der Waals surface area contributed by atoms with Crippen molar-refractivity contribution in [3.05, 3.63) is 22.2 Å². The van der Waals surface area contributed by atoms with E-state index < -0.39 is 12.5 Å². The van der Waals surface area contributed by atoms with Gasteiger partial charge in [0, 0.05) is 36.2 Å². The summed E-state index contributed by atoms with van der Waals surface area (Å²) in [6.07, 6.45) is -2.59. The third-order valence-electron chi connectivity index (χ3n) is 3.39. The third kappa shape index (κ3) is 3.21. The lowest BCUT2D eigenvalue weighted by molar-refractivity contribution is 0.0168. The van der Waals surface area contributed by atoms with E-state index in [4.69, 9.17) is 4.74 Å². The molecule has 0 aliphatic carbocycles. The molecular weight excluding hydrogens is 334 g/mol. The van der Waals surface area contributed by atoms with Gasteiger partial charge in [-0.2, -0.15) is 0 Å². The Morgan fingerprint density at radius 1 is 1.35 bits per heavy atom. The smallest absolute Gasteiger partial charge is 0.258 e. The van der Waals surface area contributed by atoms with E-state index in [0.717, 1.165) is 0 Å². The maximum absolute atomic E-state index is 13.5. The van der Waals surface area contributed by atoms with Crippen molar-refractivity contribution in [3.8, 4) is 11.5 Å². The molecular formula is C13H17BrF2N2O2. The quantitative estimate of drug-likeness (QED) is 0.874. The van der Waals surface area contributed by atoms with Gasteiger partial charge in [-0.15, -0.1) is 0 Å². The Morgan fingerprint density at radius 2 is 2.00 bits per heavy atom. The molecule has 1 heterocycles. The molecule has 0 aromatic heterocycles. The molecule has 0 radical (unpaired) electrons. The first kappa shape index (κ1) is 15.5. The molecule has 1 saturated heterocycles. The number of ether oxygens (including phenoxy) is 1. The fraction of sp³-hybridized carbons (Fsp3) is 0.538. The standard InChI is InChI=1S/C13H17BrF2N2O2/c1-20-10-7-8(14)6-9(12(10)19)11(13(15)16)18-4-2-17-3-5-18/h6-7,11,13,17,19H,2-5H2,1H3/t11-/m1/s1. The second-order valence-corrected chi connectivity index (χ2v) is 5.53. The van der Waals surface area contributed by atoms with Gasteiger partial charge in [0.25, 0.3) is 6.43 Å². The van der Waals surface area contributed by atoms with E-state index in [1.165, 1.54) is 13.2 Å². The van der Waals surface area contributed by atoms with Crippen molar-refractivity contribution in [1.82, 2.24) is 10.2 Å². The molecule has 1 atom stereocenters. The normalized spacial score (nSPS) is 18.2. The first-order chi connectivity index (χ1) is 9.54. The maximum atomic E-state index is 13.5. The van der Waals surface area contributed by atoms with Crippen LogP contribution in [0.3, 0.4) is 0 Å². The number of halogens is 3. The van der Waals surface area contributed by atoms with Crippen molar-refractivity contribution in [3.63, 3.8) is 0 Å². The molecule has 1 aromatic carbocycles. The minimum Gasteiger partial charge on any atom is -0.504 e. The van der Waals surface area contributed by atoms with Crippen LogP contribution in [0.5, 0.6) is 11.5 Å². The van der Waals surface area contributed by atoms with E-state index in [9.17, 15) is 13.9 Å². The van der Waals surface area contributed by atoms with Crippen LogP contribution in [0, 0.1) is 0 Å². The summed E-state index contributed by atoms with van der Waals surface area (Å²) in [7, 11) is 1.40. The van der Waals surface area contributed by atoms with E-state index in [2.05, 4.69) is 21.2 Å². The lowest BCUT2D eigenvalue weighted by Crippen LogP contribution is -2.46. The number of aromatic hydroxyl groups is 1. The Hall–Kier alpha value is -0.920. The Labute approximate surface area is 124 Å². The second kappa shape index (κ2) is 6.69. The van der Waals surface area contributed by atoms with Gasteiger partial charge in [0.1, 0.15) is 6.04 Å². The summed E-state index contributed by atoms with van der Waals surface area (Å²) in [4.78, 5) is 1.68. The Kier molecular flexibility index (Phi) is 5.17. The SMILES string of the molecule is COc1cc(Br)cc([C@H](C(F)F)N2CCNCC2)c1O. The summed E-state index contributed by atoms with van der Waals surface area (Å²) in [5.41, 5.74) is 0.188. The molecule has 1 fully saturated rings. The highest BCUT2D eigenvalue weighted by atomic mass is 79.9. The highest BCUT2D eigenvalue weighted by Crippen LogP contribution is 2.41. The van der Waals surface area contributed by atoms with Crippen LogP contribution in [0.15, 0.2) is 16.6 Å². The van der Waals surface area contributed by atoms with Crippen molar-refractivity contribution in [2.45, 2.75) is 12.5 Å². The van der Waals surface area contributed by atoms with Crippen LogP contribution in [-0.2, 0) is 0 Å². The van der Waals surface area contributed by atoms with E-state index in [-0.39, 0.29) is 17.1 Å². The van der Waals surface area contributed by atoms with Crippen molar-refractivity contribution < 1.29 is 18.6 Å². The summed E-state index contributed by atoms with van der Waals surface area (Å²) < 4.78 is 32.6. The topological polar surface area (TPSA) is 44.7 Å². The van der Waals surface area contributed by atoms with Crippen LogP contribution in [0.25, 0.3) is 0 Å². The molecule has 1 aliphatic rings. The third-order valence-corrected chi connectivity index (χ3v) is 3.85. The van der Waals surface area contributed by atoms with Gasteiger partial charge in [-0.3, -0.25) is 4.90 Å². The first-order valence-corrected chi connectivity index (χ1v) is 7.13.